The standard InChI is InChI=1S/C20H18ClF3N2O/c21-14-4-5-17-16(9-14)15-6-7-26(10-18(15)25-17)11-19(27)12-2-1-3-13(8-12)20(22,23)24/h1-5,8-9,19,25,27H,6-7,10-11H2. The van der Waals surface area contributed by atoms with Gasteiger partial charge in [0.05, 0.1) is 11.7 Å². The van der Waals surface area contributed by atoms with Gasteiger partial charge in [0.15, 0.2) is 0 Å². The van der Waals surface area contributed by atoms with Crippen LogP contribution < -0.4 is 0 Å². The smallest absolute Gasteiger partial charge is 0.387 e. The highest BCUT2D eigenvalue weighted by molar-refractivity contribution is 6.31. The van der Waals surface area contributed by atoms with Crippen molar-refractivity contribution >= 4 is 22.5 Å². The van der Waals surface area contributed by atoms with Gasteiger partial charge in [-0.05, 0) is 47.9 Å². The van der Waals surface area contributed by atoms with Crippen LogP contribution in [0.1, 0.15) is 28.5 Å². The molecule has 27 heavy (non-hydrogen) atoms. The Balaban J connectivity index is 1.51. The minimum atomic E-state index is -4.42. The Morgan fingerprint density at radius 2 is 2.00 bits per heavy atom. The first kappa shape index (κ1) is 18.3. The fourth-order valence-corrected chi connectivity index (χ4v) is 3.87. The van der Waals surface area contributed by atoms with Crippen LogP contribution in [0.4, 0.5) is 13.2 Å². The van der Waals surface area contributed by atoms with E-state index in [1.54, 1.807) is 0 Å². The molecule has 7 heteroatoms. The zero-order valence-corrected chi connectivity index (χ0v) is 15.1. The predicted molar refractivity (Wildman–Crippen MR) is 98.7 cm³/mol. The maximum atomic E-state index is 12.9. The van der Waals surface area contributed by atoms with E-state index in [4.69, 9.17) is 11.6 Å². The number of rotatable bonds is 3. The fraction of sp³-hybridized carbons (Fsp3) is 0.300. The van der Waals surface area contributed by atoms with Gasteiger partial charge in [-0.15, -0.1) is 0 Å². The van der Waals surface area contributed by atoms with Crippen molar-refractivity contribution in [3.05, 3.63) is 69.9 Å². The van der Waals surface area contributed by atoms with Crippen LogP contribution in [0, 0.1) is 0 Å². The largest absolute Gasteiger partial charge is 0.416 e. The highest BCUT2D eigenvalue weighted by Gasteiger charge is 2.31. The molecule has 1 unspecified atom stereocenters. The van der Waals surface area contributed by atoms with Gasteiger partial charge in [-0.25, -0.2) is 0 Å². The van der Waals surface area contributed by atoms with Crippen molar-refractivity contribution in [2.75, 3.05) is 13.1 Å². The van der Waals surface area contributed by atoms with Gasteiger partial charge in [-0.3, -0.25) is 4.90 Å². The van der Waals surface area contributed by atoms with E-state index in [1.807, 2.05) is 23.1 Å². The number of aromatic nitrogens is 1. The van der Waals surface area contributed by atoms with Crippen LogP contribution in [0.25, 0.3) is 10.9 Å². The molecule has 0 saturated heterocycles. The quantitative estimate of drug-likeness (QED) is 0.661. The molecule has 1 atom stereocenters. The number of aliphatic hydroxyl groups excluding tert-OH is 1. The lowest BCUT2D eigenvalue weighted by Crippen LogP contribution is -2.34. The SMILES string of the molecule is OC(CN1CCc2c([nH]c3ccc(Cl)cc23)C1)c1cccc(C(F)(F)F)c1. The topological polar surface area (TPSA) is 39.3 Å². The Morgan fingerprint density at radius 3 is 2.78 bits per heavy atom. The molecule has 3 aromatic rings. The van der Waals surface area contributed by atoms with Crippen molar-refractivity contribution in [2.45, 2.75) is 25.2 Å². The number of nitrogens with one attached hydrogen (secondary N) is 1. The first-order chi connectivity index (χ1) is 12.8. The third kappa shape index (κ3) is 3.70. The third-order valence-electron chi connectivity index (χ3n) is 5.05. The number of nitrogens with zero attached hydrogens (tertiary/aromatic N) is 1. The summed E-state index contributed by atoms with van der Waals surface area (Å²) in [6.07, 6.45) is -4.60. The van der Waals surface area contributed by atoms with E-state index in [2.05, 4.69) is 4.98 Å². The van der Waals surface area contributed by atoms with E-state index in [9.17, 15) is 18.3 Å². The molecule has 4 rings (SSSR count). The summed E-state index contributed by atoms with van der Waals surface area (Å²) in [5.41, 5.74) is 2.84. The van der Waals surface area contributed by atoms with Crippen LogP contribution in [0.15, 0.2) is 42.5 Å². The second-order valence-electron chi connectivity index (χ2n) is 6.90. The molecule has 0 aliphatic carbocycles. The molecular weight excluding hydrogens is 377 g/mol. The van der Waals surface area contributed by atoms with Gasteiger partial charge in [-0.1, -0.05) is 23.7 Å². The number of hydrogen-bond donors (Lipinski definition) is 2. The molecule has 1 aromatic heterocycles. The minimum Gasteiger partial charge on any atom is -0.387 e. The van der Waals surface area contributed by atoms with Gasteiger partial charge in [0.1, 0.15) is 0 Å². The number of aliphatic hydroxyl groups is 1. The zero-order valence-electron chi connectivity index (χ0n) is 14.4. The van der Waals surface area contributed by atoms with Crippen LogP contribution in [0.2, 0.25) is 5.02 Å². The lowest BCUT2D eigenvalue weighted by atomic mass is 10.0. The van der Waals surface area contributed by atoms with E-state index in [0.717, 1.165) is 41.7 Å². The van der Waals surface area contributed by atoms with Crippen LogP contribution in [-0.2, 0) is 19.1 Å². The highest BCUT2D eigenvalue weighted by Crippen LogP contribution is 2.32. The van der Waals surface area contributed by atoms with E-state index in [1.165, 1.54) is 17.7 Å². The first-order valence-corrected chi connectivity index (χ1v) is 9.05. The lowest BCUT2D eigenvalue weighted by molar-refractivity contribution is -0.137. The lowest BCUT2D eigenvalue weighted by Gasteiger charge is -2.29. The summed E-state index contributed by atoms with van der Waals surface area (Å²) >= 11 is 6.09. The van der Waals surface area contributed by atoms with Gasteiger partial charge in [0.2, 0.25) is 0 Å². The van der Waals surface area contributed by atoms with Gasteiger partial charge in [0.25, 0.3) is 0 Å². The number of aromatic amines is 1. The summed E-state index contributed by atoms with van der Waals surface area (Å²) in [5.74, 6) is 0. The molecule has 0 amide bonds. The summed E-state index contributed by atoms with van der Waals surface area (Å²) in [6.45, 7) is 1.61. The molecule has 0 fully saturated rings. The average Bonchev–Trinajstić information content (AvgIpc) is 2.98. The maximum Gasteiger partial charge on any atom is 0.416 e. The maximum absolute atomic E-state index is 12.9. The number of alkyl halides is 3. The average molecular weight is 395 g/mol. The normalized spacial score (nSPS) is 16.5. The minimum absolute atomic E-state index is 0.275. The Morgan fingerprint density at radius 1 is 1.19 bits per heavy atom. The Kier molecular flexibility index (Phi) is 4.66. The molecule has 142 valence electrons. The number of H-pyrrole nitrogens is 1. The zero-order chi connectivity index (χ0) is 19.2. The fourth-order valence-electron chi connectivity index (χ4n) is 3.70. The molecule has 3 nitrogen and oxygen atoms in total. The molecule has 2 N–H and O–H groups in total. The van der Waals surface area contributed by atoms with Crippen molar-refractivity contribution in [3.63, 3.8) is 0 Å². The van der Waals surface area contributed by atoms with Crippen molar-refractivity contribution in [1.29, 1.82) is 0 Å². The van der Waals surface area contributed by atoms with Crippen molar-refractivity contribution in [3.8, 4) is 0 Å². The van der Waals surface area contributed by atoms with Crippen LogP contribution >= 0.6 is 11.6 Å². The molecule has 1 aliphatic heterocycles. The first-order valence-electron chi connectivity index (χ1n) is 8.68. The Labute approximate surface area is 159 Å². The van der Waals surface area contributed by atoms with Crippen molar-refractivity contribution in [1.82, 2.24) is 9.88 Å². The van der Waals surface area contributed by atoms with Crippen LogP contribution in [0.5, 0.6) is 0 Å². The molecule has 0 saturated carbocycles. The molecule has 2 heterocycles. The summed E-state index contributed by atoms with van der Waals surface area (Å²) in [4.78, 5) is 5.43. The van der Waals surface area contributed by atoms with Gasteiger partial charge >= 0.3 is 6.18 Å². The second-order valence-corrected chi connectivity index (χ2v) is 7.33. The van der Waals surface area contributed by atoms with E-state index in [0.29, 0.717) is 11.6 Å². The van der Waals surface area contributed by atoms with E-state index >= 15 is 0 Å². The highest BCUT2D eigenvalue weighted by atomic mass is 35.5. The van der Waals surface area contributed by atoms with Crippen molar-refractivity contribution < 1.29 is 18.3 Å². The third-order valence-corrected chi connectivity index (χ3v) is 5.28. The molecule has 2 aromatic carbocycles. The molecular formula is C20H18ClF3N2O. The van der Waals surface area contributed by atoms with Crippen molar-refractivity contribution in [2.24, 2.45) is 0 Å². The molecule has 0 spiro atoms. The second kappa shape index (κ2) is 6.86. The number of benzene rings is 2. The molecule has 0 radical (unpaired) electrons. The van der Waals surface area contributed by atoms with Gasteiger partial charge < -0.3 is 10.1 Å². The Hall–Kier alpha value is -2.02. The number of fused-ring (bicyclic) bond motifs is 3. The summed E-state index contributed by atoms with van der Waals surface area (Å²) in [7, 11) is 0. The van der Waals surface area contributed by atoms with Crippen LogP contribution in [-0.4, -0.2) is 28.1 Å². The van der Waals surface area contributed by atoms with Crippen LogP contribution in [0.3, 0.4) is 0 Å². The summed E-state index contributed by atoms with van der Waals surface area (Å²) < 4.78 is 38.6. The summed E-state index contributed by atoms with van der Waals surface area (Å²) in [5, 5.41) is 12.2. The van der Waals surface area contributed by atoms with Gasteiger partial charge in [0, 0.05) is 41.3 Å². The number of halogens is 4. The van der Waals surface area contributed by atoms with E-state index < -0.39 is 17.8 Å². The molecule has 0 bridgehead atoms. The Bertz CT molecular complexity index is 983. The molecule has 1 aliphatic rings. The summed E-state index contributed by atoms with van der Waals surface area (Å²) in [6, 6.07) is 10.6. The number of hydrogen-bond acceptors (Lipinski definition) is 2. The van der Waals surface area contributed by atoms with Gasteiger partial charge in [-0.2, -0.15) is 13.2 Å². The monoisotopic (exact) mass is 394 g/mol. The predicted octanol–water partition coefficient (Wildman–Crippen LogP) is 4.93. The number of β-amino-alcohol motifs (C(OH)–C–C–N with tert-alkyl or cyclic N) is 1. The van der Waals surface area contributed by atoms with E-state index in [-0.39, 0.29) is 12.1 Å².